The first kappa shape index (κ1) is 17.8. The van der Waals surface area contributed by atoms with Gasteiger partial charge in [0, 0.05) is 12.6 Å². The van der Waals surface area contributed by atoms with Crippen molar-refractivity contribution >= 4 is 0 Å². The van der Waals surface area contributed by atoms with Crippen LogP contribution in [0.5, 0.6) is 0 Å². The van der Waals surface area contributed by atoms with Crippen molar-refractivity contribution in [1.82, 2.24) is 10.2 Å². The predicted octanol–water partition coefficient (Wildman–Crippen LogP) is 3.53. The highest BCUT2D eigenvalue weighted by Crippen LogP contribution is 2.34. The summed E-state index contributed by atoms with van der Waals surface area (Å²) in [5.74, 6) is -0.183. The van der Waals surface area contributed by atoms with Crippen molar-refractivity contribution in [3.05, 3.63) is 0 Å². The van der Waals surface area contributed by atoms with Gasteiger partial charge in [-0.05, 0) is 51.2 Å². The lowest BCUT2D eigenvalue weighted by Gasteiger charge is -2.39. The zero-order chi connectivity index (χ0) is 15.3. The molecule has 1 aliphatic heterocycles. The van der Waals surface area contributed by atoms with E-state index in [-0.39, 0.29) is 19.0 Å². The van der Waals surface area contributed by atoms with Crippen molar-refractivity contribution in [1.29, 1.82) is 0 Å². The number of rotatable bonds is 6. The van der Waals surface area contributed by atoms with E-state index in [9.17, 15) is 13.2 Å². The van der Waals surface area contributed by atoms with E-state index in [1.807, 2.05) is 4.90 Å². The third-order valence-electron chi connectivity index (χ3n) is 4.33. The van der Waals surface area contributed by atoms with Crippen LogP contribution >= 0.6 is 0 Å². The van der Waals surface area contributed by atoms with Crippen molar-refractivity contribution < 1.29 is 13.2 Å². The van der Waals surface area contributed by atoms with Gasteiger partial charge >= 0.3 is 6.18 Å². The lowest BCUT2D eigenvalue weighted by atomic mass is 9.93. The Morgan fingerprint density at radius 2 is 1.80 bits per heavy atom. The quantitative estimate of drug-likeness (QED) is 0.806. The summed E-state index contributed by atoms with van der Waals surface area (Å²) >= 11 is 0. The van der Waals surface area contributed by atoms with E-state index in [4.69, 9.17) is 0 Å². The molecule has 0 saturated carbocycles. The molecule has 1 aliphatic rings. The van der Waals surface area contributed by atoms with Crippen molar-refractivity contribution in [2.45, 2.75) is 52.8 Å². The Bertz CT molecular complexity index is 279. The highest BCUT2D eigenvalue weighted by atomic mass is 19.4. The fourth-order valence-electron chi connectivity index (χ4n) is 2.77. The molecule has 3 atom stereocenters. The van der Waals surface area contributed by atoms with Gasteiger partial charge in [0.2, 0.25) is 0 Å². The lowest BCUT2D eigenvalue weighted by molar-refractivity contribution is -0.189. The molecule has 1 N–H and O–H groups in total. The molecule has 0 aromatic carbocycles. The fourth-order valence-corrected chi connectivity index (χ4v) is 2.77. The minimum absolute atomic E-state index is 0.166. The topological polar surface area (TPSA) is 15.3 Å². The molecule has 0 bridgehead atoms. The molecule has 2 nitrogen and oxygen atoms in total. The first-order valence-corrected chi connectivity index (χ1v) is 7.73. The summed E-state index contributed by atoms with van der Waals surface area (Å²) in [4.78, 5) is 2.02. The van der Waals surface area contributed by atoms with E-state index in [0.29, 0.717) is 18.3 Å². The summed E-state index contributed by atoms with van der Waals surface area (Å²) in [6.07, 6.45) is -3.11. The SMILES string of the molecule is CC(C)CNCC(C)C(C)N1CCCC(C(F)(F)F)C1. The first-order chi connectivity index (χ1) is 9.21. The predicted molar refractivity (Wildman–Crippen MR) is 76.7 cm³/mol. The zero-order valence-corrected chi connectivity index (χ0v) is 13.1. The number of hydrogen-bond acceptors (Lipinski definition) is 2. The molecule has 5 heteroatoms. The van der Waals surface area contributed by atoms with Crippen molar-refractivity contribution in [2.24, 2.45) is 17.8 Å². The molecule has 20 heavy (non-hydrogen) atoms. The number of halogens is 3. The molecule has 120 valence electrons. The lowest BCUT2D eigenvalue weighted by Crippen LogP contribution is -2.49. The van der Waals surface area contributed by atoms with Crippen molar-refractivity contribution in [3.8, 4) is 0 Å². The van der Waals surface area contributed by atoms with Gasteiger partial charge in [-0.1, -0.05) is 20.8 Å². The largest absolute Gasteiger partial charge is 0.393 e. The Kier molecular flexibility index (Phi) is 6.79. The summed E-state index contributed by atoms with van der Waals surface area (Å²) in [5, 5.41) is 3.40. The normalized spacial score (nSPS) is 24.9. The van der Waals surface area contributed by atoms with Crippen LogP contribution in [0.3, 0.4) is 0 Å². The second kappa shape index (κ2) is 7.64. The maximum Gasteiger partial charge on any atom is 0.393 e. The van der Waals surface area contributed by atoms with Crippen LogP contribution in [0.15, 0.2) is 0 Å². The Labute approximate surface area is 121 Å². The van der Waals surface area contributed by atoms with Gasteiger partial charge < -0.3 is 5.32 Å². The van der Waals surface area contributed by atoms with E-state index in [1.54, 1.807) is 0 Å². The van der Waals surface area contributed by atoms with E-state index in [2.05, 4.69) is 33.0 Å². The van der Waals surface area contributed by atoms with Gasteiger partial charge in [0.15, 0.2) is 0 Å². The van der Waals surface area contributed by atoms with E-state index in [0.717, 1.165) is 19.6 Å². The molecule has 0 aromatic heterocycles. The van der Waals surface area contributed by atoms with Crippen molar-refractivity contribution in [3.63, 3.8) is 0 Å². The molecule has 0 amide bonds. The van der Waals surface area contributed by atoms with E-state index >= 15 is 0 Å². The second-order valence-electron chi connectivity index (χ2n) is 6.65. The first-order valence-electron chi connectivity index (χ1n) is 7.73. The van der Waals surface area contributed by atoms with Gasteiger partial charge in [0.05, 0.1) is 5.92 Å². The minimum atomic E-state index is -4.04. The van der Waals surface area contributed by atoms with Gasteiger partial charge in [-0.3, -0.25) is 4.90 Å². The van der Waals surface area contributed by atoms with Crippen LogP contribution in [0.25, 0.3) is 0 Å². The molecule has 0 spiro atoms. The number of nitrogens with one attached hydrogen (secondary N) is 1. The van der Waals surface area contributed by atoms with E-state index in [1.165, 1.54) is 0 Å². The highest BCUT2D eigenvalue weighted by molar-refractivity contribution is 4.83. The van der Waals surface area contributed by atoms with Gasteiger partial charge in [0.25, 0.3) is 0 Å². The van der Waals surface area contributed by atoms with Gasteiger partial charge in [0.1, 0.15) is 0 Å². The van der Waals surface area contributed by atoms with Gasteiger partial charge in [-0.25, -0.2) is 0 Å². The summed E-state index contributed by atoms with van der Waals surface area (Å²) in [6.45, 7) is 11.3. The maximum atomic E-state index is 12.8. The summed E-state index contributed by atoms with van der Waals surface area (Å²) in [7, 11) is 0. The Hall–Kier alpha value is -0.290. The van der Waals surface area contributed by atoms with Gasteiger partial charge in [-0.15, -0.1) is 0 Å². The third kappa shape index (κ3) is 5.60. The molecule has 0 aromatic rings. The summed E-state index contributed by atoms with van der Waals surface area (Å²) in [6, 6.07) is 0.194. The monoisotopic (exact) mass is 294 g/mol. The molecular weight excluding hydrogens is 265 g/mol. The maximum absolute atomic E-state index is 12.8. The number of nitrogens with zero attached hydrogens (tertiary/aromatic N) is 1. The average Bonchev–Trinajstić information content (AvgIpc) is 2.36. The average molecular weight is 294 g/mol. The fraction of sp³-hybridized carbons (Fsp3) is 1.00. The Balaban J connectivity index is 2.43. The van der Waals surface area contributed by atoms with Crippen LogP contribution in [0.1, 0.15) is 40.5 Å². The molecule has 1 heterocycles. The molecule has 1 rings (SSSR count). The Morgan fingerprint density at radius 1 is 1.15 bits per heavy atom. The van der Waals surface area contributed by atoms with Crippen LogP contribution in [0.4, 0.5) is 13.2 Å². The standard InChI is InChI=1S/C15H29F3N2/c1-11(2)8-19-9-12(3)13(4)20-7-5-6-14(10-20)15(16,17)18/h11-14,19H,5-10H2,1-4H3. The van der Waals surface area contributed by atoms with Crippen LogP contribution < -0.4 is 5.32 Å². The Morgan fingerprint density at radius 3 is 2.35 bits per heavy atom. The third-order valence-corrected chi connectivity index (χ3v) is 4.33. The molecule has 3 unspecified atom stereocenters. The van der Waals surface area contributed by atoms with Crippen LogP contribution in [0.2, 0.25) is 0 Å². The zero-order valence-electron chi connectivity index (χ0n) is 13.1. The van der Waals surface area contributed by atoms with E-state index < -0.39 is 12.1 Å². The smallest absolute Gasteiger partial charge is 0.316 e. The highest BCUT2D eigenvalue weighted by Gasteiger charge is 2.42. The van der Waals surface area contributed by atoms with Crippen LogP contribution in [-0.2, 0) is 0 Å². The molecule has 0 radical (unpaired) electrons. The summed E-state index contributed by atoms with van der Waals surface area (Å²) in [5.41, 5.74) is 0. The molecule has 0 aliphatic carbocycles. The number of hydrogen-bond donors (Lipinski definition) is 1. The second-order valence-corrected chi connectivity index (χ2v) is 6.65. The van der Waals surface area contributed by atoms with Gasteiger partial charge in [-0.2, -0.15) is 13.2 Å². The molecular formula is C15H29F3N2. The number of alkyl halides is 3. The molecule has 1 fully saturated rings. The minimum Gasteiger partial charge on any atom is -0.316 e. The summed E-state index contributed by atoms with van der Waals surface area (Å²) < 4.78 is 38.5. The number of piperidine rings is 1. The number of likely N-dealkylation sites (tertiary alicyclic amines) is 1. The molecule has 1 saturated heterocycles. The van der Waals surface area contributed by atoms with Crippen LogP contribution in [0, 0.1) is 17.8 Å². The van der Waals surface area contributed by atoms with Crippen molar-refractivity contribution in [2.75, 3.05) is 26.2 Å². The van der Waals surface area contributed by atoms with Crippen LogP contribution in [-0.4, -0.2) is 43.3 Å².